The van der Waals surface area contributed by atoms with Crippen LogP contribution in [0.2, 0.25) is 0 Å². The van der Waals surface area contributed by atoms with Gasteiger partial charge in [-0.2, -0.15) is 39.5 Å². The number of hydrogen-bond donors (Lipinski definition) is 1. The van der Waals surface area contributed by atoms with Crippen molar-refractivity contribution in [2.75, 3.05) is 0 Å². The standard InChI is InChI=1S/C9H9F9O/c1-2-3-5(19)4-6(10,11)7(12,13)8(14,15)9(16,17)18/h2,5,19H,1,3-4H2. The molecule has 1 atom stereocenters. The predicted octanol–water partition coefficient (Wildman–Crippen LogP) is 3.78. The highest BCUT2D eigenvalue weighted by atomic mass is 19.4. The maximum absolute atomic E-state index is 12.9. The van der Waals surface area contributed by atoms with E-state index in [1.165, 1.54) is 0 Å². The molecule has 0 rings (SSSR count). The molecule has 1 nitrogen and oxygen atoms in total. The van der Waals surface area contributed by atoms with Crippen molar-refractivity contribution in [3.8, 4) is 0 Å². The highest BCUT2D eigenvalue weighted by Gasteiger charge is 2.81. The van der Waals surface area contributed by atoms with E-state index in [2.05, 4.69) is 6.58 Å². The second-order valence-electron chi connectivity index (χ2n) is 3.73. The summed E-state index contributed by atoms with van der Waals surface area (Å²) in [5, 5.41) is 8.81. The number of alkyl halides is 9. The van der Waals surface area contributed by atoms with Gasteiger partial charge in [-0.05, 0) is 6.42 Å². The Bertz CT molecular complexity index is 320. The van der Waals surface area contributed by atoms with Crippen molar-refractivity contribution in [3.05, 3.63) is 12.7 Å². The zero-order valence-corrected chi connectivity index (χ0v) is 9.12. The van der Waals surface area contributed by atoms with Gasteiger partial charge in [-0.3, -0.25) is 0 Å². The number of aliphatic hydroxyl groups is 1. The van der Waals surface area contributed by atoms with Crippen molar-refractivity contribution in [2.24, 2.45) is 0 Å². The molecule has 1 unspecified atom stereocenters. The van der Waals surface area contributed by atoms with E-state index in [1.54, 1.807) is 0 Å². The van der Waals surface area contributed by atoms with E-state index in [0.29, 0.717) is 0 Å². The summed E-state index contributed by atoms with van der Waals surface area (Å²) < 4.78 is 111. The minimum absolute atomic E-state index is 0.663. The summed E-state index contributed by atoms with van der Waals surface area (Å²) in [5.41, 5.74) is 0. The van der Waals surface area contributed by atoms with Gasteiger partial charge in [0.25, 0.3) is 0 Å². The first-order valence-electron chi connectivity index (χ1n) is 4.70. The van der Waals surface area contributed by atoms with Crippen molar-refractivity contribution in [1.82, 2.24) is 0 Å². The quantitative estimate of drug-likeness (QED) is 0.585. The van der Waals surface area contributed by atoms with Crippen molar-refractivity contribution in [2.45, 2.75) is 42.9 Å². The molecule has 0 aliphatic heterocycles. The molecule has 1 N–H and O–H groups in total. The second kappa shape index (κ2) is 5.22. The Morgan fingerprint density at radius 1 is 0.895 bits per heavy atom. The van der Waals surface area contributed by atoms with Gasteiger partial charge in [-0.1, -0.05) is 6.08 Å². The Kier molecular flexibility index (Phi) is 4.96. The number of aliphatic hydroxyl groups excluding tert-OH is 1. The summed E-state index contributed by atoms with van der Waals surface area (Å²) in [6.07, 6.45) is -11.2. The zero-order chi connectivity index (χ0) is 15.7. The summed E-state index contributed by atoms with van der Waals surface area (Å²) in [5.74, 6) is -19.3. The van der Waals surface area contributed by atoms with E-state index in [4.69, 9.17) is 5.11 Å². The summed E-state index contributed by atoms with van der Waals surface area (Å²) in [6, 6.07) is 0. The normalized spacial score (nSPS) is 16.3. The SMILES string of the molecule is C=CCC(O)CC(F)(F)C(F)(F)C(F)(F)C(F)(F)F. The summed E-state index contributed by atoms with van der Waals surface area (Å²) in [6.45, 7) is 2.96. The van der Waals surface area contributed by atoms with E-state index in [1.807, 2.05) is 0 Å². The molecule has 0 bridgehead atoms. The zero-order valence-electron chi connectivity index (χ0n) is 9.12. The van der Waals surface area contributed by atoms with Gasteiger partial charge in [-0.25, -0.2) is 0 Å². The van der Waals surface area contributed by atoms with Gasteiger partial charge in [0.05, 0.1) is 6.10 Å². The van der Waals surface area contributed by atoms with Crippen LogP contribution in [0.4, 0.5) is 39.5 Å². The van der Waals surface area contributed by atoms with Gasteiger partial charge in [0, 0.05) is 6.42 Å². The van der Waals surface area contributed by atoms with Crippen LogP contribution in [0.25, 0.3) is 0 Å². The van der Waals surface area contributed by atoms with Crippen LogP contribution >= 0.6 is 0 Å². The first-order chi connectivity index (χ1) is 8.20. The third kappa shape index (κ3) is 3.34. The number of halogens is 9. The Balaban J connectivity index is 5.33. The van der Waals surface area contributed by atoms with Crippen LogP contribution in [0.15, 0.2) is 12.7 Å². The average molecular weight is 304 g/mol. The Morgan fingerprint density at radius 2 is 1.32 bits per heavy atom. The fourth-order valence-electron chi connectivity index (χ4n) is 1.11. The molecule has 0 saturated carbocycles. The largest absolute Gasteiger partial charge is 0.460 e. The third-order valence-electron chi connectivity index (χ3n) is 2.14. The molecular weight excluding hydrogens is 295 g/mol. The first kappa shape index (κ1) is 18.1. The lowest BCUT2D eigenvalue weighted by Crippen LogP contribution is -2.61. The number of hydrogen-bond acceptors (Lipinski definition) is 1. The molecule has 0 aromatic rings. The van der Waals surface area contributed by atoms with Gasteiger partial charge >= 0.3 is 23.9 Å². The molecule has 0 heterocycles. The molecule has 0 aliphatic carbocycles. The van der Waals surface area contributed by atoms with Crippen LogP contribution in [0.3, 0.4) is 0 Å². The summed E-state index contributed by atoms with van der Waals surface area (Å²) >= 11 is 0. The Morgan fingerprint density at radius 3 is 1.63 bits per heavy atom. The van der Waals surface area contributed by atoms with Gasteiger partial charge in [0.1, 0.15) is 0 Å². The maximum atomic E-state index is 12.9. The smallest absolute Gasteiger partial charge is 0.393 e. The molecule has 0 amide bonds. The molecule has 0 aromatic heterocycles. The van der Waals surface area contributed by atoms with E-state index in [-0.39, 0.29) is 0 Å². The molecule has 19 heavy (non-hydrogen) atoms. The molecular formula is C9H9F9O. The van der Waals surface area contributed by atoms with E-state index >= 15 is 0 Å². The fourth-order valence-corrected chi connectivity index (χ4v) is 1.11. The summed E-state index contributed by atoms with van der Waals surface area (Å²) in [4.78, 5) is 0. The van der Waals surface area contributed by atoms with Gasteiger partial charge in [-0.15, -0.1) is 6.58 Å². The van der Waals surface area contributed by atoms with Gasteiger partial charge in [0.2, 0.25) is 0 Å². The fraction of sp³-hybridized carbons (Fsp3) is 0.778. The average Bonchev–Trinajstić information content (AvgIpc) is 2.14. The molecule has 0 aromatic carbocycles. The minimum Gasteiger partial charge on any atom is -0.393 e. The van der Waals surface area contributed by atoms with Crippen molar-refractivity contribution in [1.29, 1.82) is 0 Å². The molecule has 0 fully saturated rings. The van der Waals surface area contributed by atoms with Crippen LogP contribution in [0.5, 0.6) is 0 Å². The number of rotatable bonds is 6. The van der Waals surface area contributed by atoms with E-state index in [0.717, 1.165) is 6.08 Å². The van der Waals surface area contributed by atoms with Crippen LogP contribution in [-0.2, 0) is 0 Å². The third-order valence-corrected chi connectivity index (χ3v) is 2.14. The van der Waals surface area contributed by atoms with Crippen LogP contribution in [-0.4, -0.2) is 35.2 Å². The maximum Gasteiger partial charge on any atom is 0.460 e. The van der Waals surface area contributed by atoms with Gasteiger partial charge in [0.15, 0.2) is 0 Å². The van der Waals surface area contributed by atoms with Crippen LogP contribution < -0.4 is 0 Å². The first-order valence-corrected chi connectivity index (χ1v) is 4.70. The molecule has 0 aliphatic rings. The second-order valence-corrected chi connectivity index (χ2v) is 3.73. The Hall–Kier alpha value is -0.930. The summed E-state index contributed by atoms with van der Waals surface area (Å²) in [7, 11) is 0. The van der Waals surface area contributed by atoms with E-state index < -0.39 is 42.9 Å². The van der Waals surface area contributed by atoms with Crippen LogP contribution in [0.1, 0.15) is 12.8 Å². The highest BCUT2D eigenvalue weighted by molar-refractivity contribution is 5.01. The lowest BCUT2D eigenvalue weighted by atomic mass is 9.97. The van der Waals surface area contributed by atoms with Gasteiger partial charge < -0.3 is 5.11 Å². The van der Waals surface area contributed by atoms with Crippen LogP contribution in [0, 0.1) is 0 Å². The lowest BCUT2D eigenvalue weighted by molar-refractivity contribution is -0.398. The lowest BCUT2D eigenvalue weighted by Gasteiger charge is -2.34. The molecule has 114 valence electrons. The van der Waals surface area contributed by atoms with Crippen molar-refractivity contribution >= 4 is 0 Å². The highest BCUT2D eigenvalue weighted by Crippen LogP contribution is 2.54. The van der Waals surface area contributed by atoms with Crippen molar-refractivity contribution < 1.29 is 44.6 Å². The molecule has 0 saturated heterocycles. The Labute approximate surface area is 101 Å². The topological polar surface area (TPSA) is 20.2 Å². The molecule has 0 radical (unpaired) electrons. The minimum atomic E-state index is -6.92. The predicted molar refractivity (Wildman–Crippen MR) is 46.3 cm³/mol. The van der Waals surface area contributed by atoms with E-state index in [9.17, 15) is 39.5 Å². The molecule has 0 spiro atoms. The molecule has 10 heteroatoms. The van der Waals surface area contributed by atoms with Crippen molar-refractivity contribution in [3.63, 3.8) is 0 Å². The monoisotopic (exact) mass is 304 g/mol.